The van der Waals surface area contributed by atoms with Crippen molar-refractivity contribution in [1.82, 2.24) is 19.4 Å². The number of aromatic nitrogens is 3. The molecule has 0 spiro atoms. The highest BCUT2D eigenvalue weighted by molar-refractivity contribution is 6.39. The van der Waals surface area contributed by atoms with Crippen molar-refractivity contribution in [2.24, 2.45) is 5.92 Å². The van der Waals surface area contributed by atoms with Gasteiger partial charge in [0.25, 0.3) is 5.79 Å². The molecule has 9 nitrogen and oxygen atoms in total. The van der Waals surface area contributed by atoms with Crippen LogP contribution in [0.1, 0.15) is 53.6 Å². The number of para-hydroxylation sites is 1. The maximum atomic E-state index is 11.7. The van der Waals surface area contributed by atoms with Crippen LogP contribution >= 0.6 is 11.6 Å². The Balaban J connectivity index is 1.05. The number of halogens is 1. The molecule has 1 unspecified atom stereocenters. The molecule has 0 amide bonds. The van der Waals surface area contributed by atoms with Crippen LogP contribution in [0.4, 0.5) is 0 Å². The van der Waals surface area contributed by atoms with Crippen LogP contribution in [0, 0.1) is 5.92 Å². The van der Waals surface area contributed by atoms with Crippen LogP contribution in [0.25, 0.3) is 16.4 Å². The minimum absolute atomic E-state index is 0.228. The lowest BCUT2D eigenvalue weighted by Crippen LogP contribution is -2.35. The van der Waals surface area contributed by atoms with Gasteiger partial charge in [-0.15, -0.1) is 0 Å². The summed E-state index contributed by atoms with van der Waals surface area (Å²) in [5.41, 5.74) is 3.54. The molecule has 2 aromatic carbocycles. The number of ether oxygens (including phenoxy) is 3. The van der Waals surface area contributed by atoms with E-state index in [1.54, 1.807) is 30.5 Å². The Labute approximate surface area is 257 Å². The number of rotatable bonds is 7. The molecule has 2 saturated heterocycles. The third-order valence-corrected chi connectivity index (χ3v) is 9.23. The average molecular weight is 614 g/mol. The first kappa shape index (κ1) is 27.9. The zero-order chi connectivity index (χ0) is 29.7. The lowest BCUT2D eigenvalue weighted by atomic mass is 9.89. The Bertz CT molecular complexity index is 1740. The summed E-state index contributed by atoms with van der Waals surface area (Å²) >= 11 is 6.04. The number of carboxylic acid groups (broad SMARTS) is 1. The van der Waals surface area contributed by atoms with Gasteiger partial charge in [0.1, 0.15) is 27.5 Å². The van der Waals surface area contributed by atoms with Gasteiger partial charge in [0.05, 0.1) is 34.8 Å². The molecule has 4 aromatic rings. The Morgan fingerprint density at radius 3 is 2.67 bits per heavy atom. The summed E-state index contributed by atoms with van der Waals surface area (Å²) in [7, 11) is 3.78. The van der Waals surface area contributed by atoms with E-state index < -0.39 is 11.8 Å². The highest BCUT2D eigenvalue weighted by atomic mass is 35.5. The SMILES string of the molecule is CC1(c2ccc(Cl)cn2)Oc2cccc(CC3CCN(Cc4nc5ccc(C(=O)O)cc5n4/C([Si])=C4/CCO4)CC3)c2O1. The lowest BCUT2D eigenvalue weighted by molar-refractivity contribution is -0.0721. The third-order valence-electron chi connectivity index (χ3n) is 8.50. The maximum Gasteiger partial charge on any atom is 0.335 e. The predicted octanol–water partition coefficient (Wildman–Crippen LogP) is 5.60. The monoisotopic (exact) mass is 613 g/mol. The van der Waals surface area contributed by atoms with Gasteiger partial charge in [-0.2, -0.15) is 0 Å². The molecule has 1 N–H and O–H groups in total. The van der Waals surface area contributed by atoms with Gasteiger partial charge in [-0.25, -0.2) is 9.78 Å². The van der Waals surface area contributed by atoms with E-state index in [2.05, 4.69) is 26.2 Å². The quantitative estimate of drug-likeness (QED) is 0.269. The Kier molecular flexibility index (Phi) is 7.15. The highest BCUT2D eigenvalue weighted by Crippen LogP contribution is 2.46. The minimum atomic E-state index is -1.00. The van der Waals surface area contributed by atoms with Crippen LogP contribution in [-0.4, -0.2) is 60.4 Å². The number of likely N-dealkylation sites (tertiary alicyclic amines) is 1. The van der Waals surface area contributed by atoms with Crippen molar-refractivity contribution in [2.45, 2.75) is 44.9 Å². The summed E-state index contributed by atoms with van der Waals surface area (Å²) < 4.78 is 20.3. The Hall–Kier alpha value is -3.86. The van der Waals surface area contributed by atoms with Crippen molar-refractivity contribution in [1.29, 1.82) is 0 Å². The number of benzene rings is 2. The van der Waals surface area contributed by atoms with E-state index in [1.807, 2.05) is 29.7 Å². The minimum Gasteiger partial charge on any atom is -0.496 e. The fraction of sp³-hybridized carbons (Fsp3) is 0.344. The number of fused-ring (bicyclic) bond motifs is 2. The number of imidazole rings is 1. The second kappa shape index (κ2) is 11.0. The molecule has 11 heteroatoms. The normalized spacial score (nSPS) is 21.5. The first-order chi connectivity index (χ1) is 20.8. The molecule has 3 aliphatic heterocycles. The summed E-state index contributed by atoms with van der Waals surface area (Å²) in [5.74, 6) is 1.75. The van der Waals surface area contributed by atoms with Gasteiger partial charge in [0, 0.05) is 24.9 Å². The molecule has 2 aromatic heterocycles. The number of piperidine rings is 1. The number of aromatic carboxylic acids is 1. The van der Waals surface area contributed by atoms with Gasteiger partial charge in [-0.1, -0.05) is 23.7 Å². The zero-order valence-corrected chi connectivity index (χ0v) is 25.4. The lowest BCUT2D eigenvalue weighted by Gasteiger charge is -2.32. The molecule has 1 atom stereocenters. The van der Waals surface area contributed by atoms with E-state index in [4.69, 9.17) is 30.8 Å². The maximum absolute atomic E-state index is 11.7. The second-order valence-corrected chi connectivity index (χ2v) is 12.3. The van der Waals surface area contributed by atoms with Gasteiger partial charge in [0.2, 0.25) is 0 Å². The van der Waals surface area contributed by atoms with Crippen molar-refractivity contribution in [3.63, 3.8) is 0 Å². The number of hydrogen-bond donors (Lipinski definition) is 1. The fourth-order valence-electron chi connectivity index (χ4n) is 6.08. The van der Waals surface area contributed by atoms with Gasteiger partial charge in [0.15, 0.2) is 11.5 Å². The molecule has 5 heterocycles. The van der Waals surface area contributed by atoms with E-state index in [0.717, 1.165) is 83.8 Å². The molecule has 3 aliphatic rings. The second-order valence-electron chi connectivity index (χ2n) is 11.4. The predicted molar refractivity (Wildman–Crippen MR) is 162 cm³/mol. The molecule has 2 fully saturated rings. The largest absolute Gasteiger partial charge is 0.496 e. The van der Waals surface area contributed by atoms with Crippen LogP contribution in [0.2, 0.25) is 5.02 Å². The number of nitrogens with zero attached hydrogens (tertiary/aromatic N) is 4. The first-order valence-corrected chi connectivity index (χ1v) is 15.3. The fourth-order valence-corrected chi connectivity index (χ4v) is 6.64. The smallest absolute Gasteiger partial charge is 0.335 e. The zero-order valence-electron chi connectivity index (χ0n) is 23.7. The molecule has 0 saturated carbocycles. The van der Waals surface area contributed by atoms with Gasteiger partial charge in [-0.3, -0.25) is 9.88 Å². The summed E-state index contributed by atoms with van der Waals surface area (Å²) in [5, 5.41) is 10.9. The van der Waals surface area contributed by atoms with E-state index >= 15 is 0 Å². The van der Waals surface area contributed by atoms with Gasteiger partial charge in [-0.05, 0) is 80.2 Å². The average Bonchev–Trinajstić information content (AvgIpc) is 3.51. The molecule has 43 heavy (non-hydrogen) atoms. The van der Waals surface area contributed by atoms with Gasteiger partial charge < -0.3 is 23.9 Å². The van der Waals surface area contributed by atoms with Crippen LogP contribution in [0.3, 0.4) is 0 Å². The van der Waals surface area contributed by atoms with Crippen LogP contribution < -0.4 is 9.47 Å². The molecule has 0 bridgehead atoms. The number of hydrogen-bond acceptors (Lipinski definition) is 7. The number of carbonyl (C=O) groups is 1. The van der Waals surface area contributed by atoms with Crippen molar-refractivity contribution < 1.29 is 24.1 Å². The van der Waals surface area contributed by atoms with Crippen LogP contribution in [0.5, 0.6) is 11.5 Å². The summed E-state index contributed by atoms with van der Waals surface area (Å²) in [6.45, 7) is 5.06. The van der Waals surface area contributed by atoms with Crippen LogP contribution in [0.15, 0.2) is 60.5 Å². The van der Waals surface area contributed by atoms with Crippen molar-refractivity contribution in [3.8, 4) is 11.5 Å². The first-order valence-electron chi connectivity index (χ1n) is 14.4. The van der Waals surface area contributed by atoms with Gasteiger partial charge >= 0.3 is 5.97 Å². The molecule has 3 radical (unpaired) electrons. The molecular weight excluding hydrogens is 584 g/mol. The molecule has 0 aliphatic carbocycles. The van der Waals surface area contributed by atoms with Crippen LogP contribution in [-0.2, 0) is 23.5 Å². The summed E-state index contributed by atoms with van der Waals surface area (Å²) in [4.78, 5) is 23.4. The Morgan fingerprint density at radius 1 is 1.16 bits per heavy atom. The topological polar surface area (TPSA) is 98.9 Å². The molecule has 7 rings (SSSR count). The van der Waals surface area contributed by atoms with Crippen molar-refractivity contribution >= 4 is 44.2 Å². The summed E-state index contributed by atoms with van der Waals surface area (Å²) in [6, 6.07) is 14.8. The van der Waals surface area contributed by atoms with Crippen molar-refractivity contribution in [3.05, 3.63) is 88.2 Å². The van der Waals surface area contributed by atoms with E-state index in [1.165, 1.54) is 0 Å². The van der Waals surface area contributed by atoms with E-state index in [9.17, 15) is 9.90 Å². The summed E-state index contributed by atoms with van der Waals surface area (Å²) in [6.07, 6.45) is 5.40. The number of carboxylic acids is 1. The standard InChI is InChI=1S/C32H30ClN4O5Si/c1-32(27-8-6-22(33)17-34-27)41-25-4-2-3-20(29(25)42-32)15-19-9-12-36(13-10-19)18-28-35-23-7-5-21(31(38)39)16-24(23)37(28)30(43)26-11-14-40-26/h2-8,16-17,19H,9-15,18H2,1H3,(H,38,39)/b30-26+. The molecule has 219 valence electrons. The third kappa shape index (κ3) is 5.28. The van der Waals surface area contributed by atoms with E-state index in [-0.39, 0.29) is 5.56 Å². The highest BCUT2D eigenvalue weighted by Gasteiger charge is 2.41. The van der Waals surface area contributed by atoms with Crippen molar-refractivity contribution in [2.75, 3.05) is 19.7 Å². The Morgan fingerprint density at radius 2 is 1.98 bits per heavy atom. The number of pyridine rings is 1. The molecular formula is C32H30ClN4O5Si. The van der Waals surface area contributed by atoms with E-state index in [0.29, 0.717) is 29.8 Å².